The number of rotatable bonds is 3. The molecule has 0 aromatic heterocycles. The molecule has 2 aromatic carbocycles. The van der Waals surface area contributed by atoms with Gasteiger partial charge in [0.1, 0.15) is 0 Å². The van der Waals surface area contributed by atoms with Gasteiger partial charge in [0.15, 0.2) is 0 Å². The second-order valence-corrected chi connectivity index (χ2v) is 8.94. The van der Waals surface area contributed by atoms with Crippen LogP contribution < -0.4 is 5.32 Å². The first-order valence-corrected chi connectivity index (χ1v) is 8.63. The molecule has 142 valence electrons. The standard InChI is InChI=1S/C18H16F6IN/c1-16(2,25)10-4-6-12(14(8-10)17(19,20)21)13-7-5-11(26-3)9-15(13)18(22,23)24/h4-9,26H,1-3H3. The molecule has 0 aliphatic rings. The Labute approximate surface area is 160 Å². The number of benzene rings is 2. The highest BCUT2D eigenvalue weighted by molar-refractivity contribution is 14.1. The molecule has 2 rings (SSSR count). The monoisotopic (exact) mass is 487 g/mol. The molecular weight excluding hydrogens is 471 g/mol. The maximum absolute atomic E-state index is 13.6. The average Bonchev–Trinajstić information content (AvgIpc) is 2.51. The van der Waals surface area contributed by atoms with Crippen LogP contribution in [0.4, 0.5) is 32.0 Å². The Morgan fingerprint density at radius 3 is 1.65 bits per heavy atom. The summed E-state index contributed by atoms with van der Waals surface area (Å²) in [7, 11) is 1.44. The molecule has 0 atom stereocenters. The summed E-state index contributed by atoms with van der Waals surface area (Å²) in [6.45, 7) is 3.46. The number of hydrogen-bond donors (Lipinski definition) is 1. The van der Waals surface area contributed by atoms with Crippen LogP contribution in [-0.4, -0.2) is 7.05 Å². The molecule has 1 nitrogen and oxygen atoms in total. The topological polar surface area (TPSA) is 12.0 Å². The summed E-state index contributed by atoms with van der Waals surface area (Å²) in [5, 5.41) is 2.57. The molecule has 0 radical (unpaired) electrons. The number of nitrogens with one attached hydrogen (secondary N) is 1. The van der Waals surface area contributed by atoms with Crippen LogP contribution in [0.3, 0.4) is 0 Å². The fourth-order valence-corrected chi connectivity index (χ4v) is 2.89. The zero-order chi connectivity index (χ0) is 19.9. The van der Waals surface area contributed by atoms with Gasteiger partial charge < -0.3 is 5.32 Å². The highest BCUT2D eigenvalue weighted by Gasteiger charge is 2.39. The Morgan fingerprint density at radius 1 is 0.769 bits per heavy atom. The van der Waals surface area contributed by atoms with E-state index in [0.29, 0.717) is 5.56 Å². The first kappa shape index (κ1) is 20.9. The molecule has 0 aliphatic carbocycles. The van der Waals surface area contributed by atoms with E-state index in [2.05, 4.69) is 5.32 Å². The fraction of sp³-hybridized carbons (Fsp3) is 0.333. The summed E-state index contributed by atoms with van der Waals surface area (Å²) in [5.41, 5.74) is -2.63. The SMILES string of the molecule is CNc1ccc(-c2ccc(C(C)(C)I)cc2C(F)(F)F)c(C(F)(F)F)c1. The minimum atomic E-state index is -4.79. The molecule has 0 saturated heterocycles. The Bertz CT molecular complexity index is 803. The van der Waals surface area contributed by atoms with Gasteiger partial charge in [0, 0.05) is 16.2 Å². The van der Waals surface area contributed by atoms with Crippen LogP contribution in [-0.2, 0) is 15.8 Å². The van der Waals surface area contributed by atoms with Gasteiger partial charge >= 0.3 is 12.4 Å². The van der Waals surface area contributed by atoms with Crippen LogP contribution >= 0.6 is 22.6 Å². The van der Waals surface area contributed by atoms with Gasteiger partial charge in [-0.1, -0.05) is 40.8 Å². The van der Waals surface area contributed by atoms with Crippen molar-refractivity contribution in [1.82, 2.24) is 0 Å². The van der Waals surface area contributed by atoms with Crippen molar-refractivity contribution in [1.29, 1.82) is 0 Å². The molecule has 0 unspecified atom stereocenters. The number of anilines is 1. The number of hydrogen-bond acceptors (Lipinski definition) is 1. The van der Waals surface area contributed by atoms with Crippen molar-refractivity contribution < 1.29 is 26.3 Å². The van der Waals surface area contributed by atoms with Crippen molar-refractivity contribution in [2.45, 2.75) is 29.6 Å². The number of alkyl halides is 7. The van der Waals surface area contributed by atoms with Crippen LogP contribution in [0, 0.1) is 0 Å². The summed E-state index contributed by atoms with van der Waals surface area (Å²) in [6, 6.07) is 6.67. The molecule has 0 fully saturated rings. The zero-order valence-electron chi connectivity index (χ0n) is 14.1. The molecule has 0 bridgehead atoms. The van der Waals surface area contributed by atoms with E-state index in [9.17, 15) is 26.3 Å². The predicted octanol–water partition coefficient (Wildman–Crippen LogP) is 7.10. The molecule has 1 N–H and O–H groups in total. The van der Waals surface area contributed by atoms with Crippen molar-refractivity contribution >= 4 is 28.3 Å². The van der Waals surface area contributed by atoms with Gasteiger partial charge in [0.25, 0.3) is 0 Å². The Hall–Kier alpha value is -1.45. The van der Waals surface area contributed by atoms with E-state index in [1.54, 1.807) is 13.8 Å². The Morgan fingerprint density at radius 2 is 1.23 bits per heavy atom. The first-order chi connectivity index (χ1) is 11.7. The Kier molecular flexibility index (Phi) is 5.56. The maximum atomic E-state index is 13.6. The van der Waals surface area contributed by atoms with Gasteiger partial charge in [-0.15, -0.1) is 0 Å². The molecule has 0 heterocycles. The summed E-state index contributed by atoms with van der Waals surface area (Å²) >= 11 is 1.99. The molecule has 0 aliphatic heterocycles. The van der Waals surface area contributed by atoms with E-state index >= 15 is 0 Å². The summed E-state index contributed by atoms with van der Waals surface area (Å²) < 4.78 is 80.5. The molecular formula is C18H16F6IN. The van der Waals surface area contributed by atoms with Gasteiger partial charge in [0.2, 0.25) is 0 Å². The lowest BCUT2D eigenvalue weighted by atomic mass is 9.90. The summed E-state index contributed by atoms with van der Waals surface area (Å²) in [4.78, 5) is 0. The first-order valence-electron chi connectivity index (χ1n) is 7.55. The minimum absolute atomic E-state index is 0.166. The lowest BCUT2D eigenvalue weighted by Gasteiger charge is -2.22. The largest absolute Gasteiger partial charge is 0.417 e. The van der Waals surface area contributed by atoms with Crippen LogP contribution in [0.2, 0.25) is 0 Å². The molecule has 0 spiro atoms. The zero-order valence-corrected chi connectivity index (χ0v) is 16.3. The van der Waals surface area contributed by atoms with Crippen molar-refractivity contribution in [3.63, 3.8) is 0 Å². The molecule has 0 saturated carbocycles. The predicted molar refractivity (Wildman–Crippen MR) is 98.5 cm³/mol. The smallest absolute Gasteiger partial charge is 0.388 e. The normalized spacial score (nSPS) is 13.0. The van der Waals surface area contributed by atoms with Crippen LogP contribution in [0.5, 0.6) is 0 Å². The highest BCUT2D eigenvalue weighted by Crippen LogP contribution is 2.45. The van der Waals surface area contributed by atoms with Crippen molar-refractivity contribution in [2.75, 3.05) is 12.4 Å². The molecule has 0 amide bonds. The third kappa shape index (κ3) is 4.44. The van der Waals surface area contributed by atoms with E-state index in [1.807, 2.05) is 22.6 Å². The third-order valence-electron chi connectivity index (χ3n) is 3.92. The van der Waals surface area contributed by atoms with Crippen LogP contribution in [0.25, 0.3) is 11.1 Å². The van der Waals surface area contributed by atoms with Crippen molar-refractivity contribution in [2.24, 2.45) is 0 Å². The molecule has 2 aromatic rings. The van der Waals surface area contributed by atoms with Crippen molar-refractivity contribution in [3.05, 3.63) is 53.1 Å². The minimum Gasteiger partial charge on any atom is -0.388 e. The lowest BCUT2D eigenvalue weighted by molar-refractivity contribution is -0.139. The summed E-state index contributed by atoms with van der Waals surface area (Å²) in [5.74, 6) is 0. The number of halogens is 7. The van der Waals surface area contributed by atoms with Gasteiger partial charge in [-0.2, -0.15) is 26.3 Å². The maximum Gasteiger partial charge on any atom is 0.417 e. The second kappa shape index (κ2) is 6.94. The van der Waals surface area contributed by atoms with Gasteiger partial charge in [0.05, 0.1) is 11.1 Å². The molecule has 26 heavy (non-hydrogen) atoms. The van der Waals surface area contributed by atoms with Crippen LogP contribution in [0.1, 0.15) is 30.5 Å². The quantitative estimate of drug-likeness (QED) is 0.277. The summed E-state index contributed by atoms with van der Waals surface area (Å²) in [6.07, 6.45) is -9.57. The Balaban J connectivity index is 2.80. The lowest BCUT2D eigenvalue weighted by Crippen LogP contribution is -2.14. The van der Waals surface area contributed by atoms with Crippen molar-refractivity contribution in [3.8, 4) is 11.1 Å². The second-order valence-electron chi connectivity index (χ2n) is 6.24. The third-order valence-corrected chi connectivity index (χ3v) is 4.54. The molecule has 8 heteroatoms. The van der Waals surface area contributed by atoms with E-state index in [-0.39, 0.29) is 5.69 Å². The van der Waals surface area contributed by atoms with E-state index in [4.69, 9.17) is 0 Å². The van der Waals surface area contributed by atoms with E-state index < -0.39 is 38.0 Å². The highest BCUT2D eigenvalue weighted by atomic mass is 127. The average molecular weight is 487 g/mol. The van der Waals surface area contributed by atoms with Gasteiger partial charge in [-0.05, 0) is 48.7 Å². The van der Waals surface area contributed by atoms with Gasteiger partial charge in [-0.3, -0.25) is 0 Å². The fourth-order valence-electron chi connectivity index (χ4n) is 2.55. The van der Waals surface area contributed by atoms with Gasteiger partial charge in [-0.25, -0.2) is 0 Å². The van der Waals surface area contributed by atoms with Crippen LogP contribution in [0.15, 0.2) is 36.4 Å². The van der Waals surface area contributed by atoms with E-state index in [0.717, 1.165) is 24.3 Å². The van der Waals surface area contributed by atoms with E-state index in [1.165, 1.54) is 19.2 Å².